The zero-order valence-corrected chi connectivity index (χ0v) is 19.2. The van der Waals surface area contributed by atoms with Crippen LogP contribution in [0.2, 0.25) is 5.02 Å². The molecule has 6 rings (SSSR count). The van der Waals surface area contributed by atoms with Crippen LogP contribution in [0.1, 0.15) is 10.7 Å². The quantitative estimate of drug-likeness (QED) is 0.270. The highest BCUT2D eigenvalue weighted by molar-refractivity contribution is 7.16. The molecule has 6 aromatic rings. The van der Waals surface area contributed by atoms with Gasteiger partial charge in [-0.3, -0.25) is 0 Å². The van der Waals surface area contributed by atoms with Crippen molar-refractivity contribution >= 4 is 50.2 Å². The van der Waals surface area contributed by atoms with E-state index in [9.17, 15) is 0 Å². The molecule has 9 heteroatoms. The summed E-state index contributed by atoms with van der Waals surface area (Å²) in [4.78, 5) is 10.1. The van der Waals surface area contributed by atoms with Gasteiger partial charge in [0.25, 0.3) is 0 Å². The first-order valence-corrected chi connectivity index (χ1v) is 11.9. The van der Waals surface area contributed by atoms with Crippen LogP contribution < -0.4 is 4.74 Å². The molecular weight excluding hydrogens is 464 g/mol. The first kappa shape index (κ1) is 19.5. The summed E-state index contributed by atoms with van der Waals surface area (Å²) in [6, 6.07) is 15.6. The third kappa shape index (κ3) is 3.56. The van der Waals surface area contributed by atoms with Gasteiger partial charge in [0.1, 0.15) is 33.6 Å². The van der Waals surface area contributed by atoms with Crippen molar-refractivity contribution in [3.63, 3.8) is 0 Å². The molecule has 0 aliphatic rings. The van der Waals surface area contributed by atoms with Crippen molar-refractivity contribution in [3.05, 3.63) is 75.8 Å². The number of furan rings is 1. The fourth-order valence-corrected chi connectivity index (χ4v) is 5.21. The van der Waals surface area contributed by atoms with Gasteiger partial charge in [-0.1, -0.05) is 53.3 Å². The largest absolute Gasteiger partial charge is 0.486 e. The average molecular weight is 479 g/mol. The number of hydrogen-bond acceptors (Lipinski definition) is 7. The molecule has 0 aliphatic carbocycles. The minimum Gasteiger partial charge on any atom is -0.486 e. The molecule has 0 bridgehead atoms. The van der Waals surface area contributed by atoms with E-state index in [1.54, 1.807) is 28.0 Å². The average Bonchev–Trinajstić information content (AvgIpc) is 3.55. The second kappa shape index (κ2) is 7.74. The molecule has 0 N–H and O–H groups in total. The number of nitrogens with zero attached hydrogens (tertiary/aromatic N) is 4. The molecule has 0 aliphatic heterocycles. The monoisotopic (exact) mass is 478 g/mol. The van der Waals surface area contributed by atoms with Gasteiger partial charge < -0.3 is 9.15 Å². The lowest BCUT2D eigenvalue weighted by atomic mass is 10.2. The van der Waals surface area contributed by atoms with Crippen molar-refractivity contribution < 1.29 is 9.15 Å². The number of halogens is 1. The van der Waals surface area contributed by atoms with Crippen molar-refractivity contribution in [1.82, 2.24) is 19.6 Å². The van der Waals surface area contributed by atoms with Crippen LogP contribution in [0.3, 0.4) is 0 Å². The normalized spacial score (nSPS) is 11.6. The van der Waals surface area contributed by atoms with Gasteiger partial charge in [0, 0.05) is 22.0 Å². The molecule has 6 nitrogen and oxygen atoms in total. The SMILES string of the molecule is Cc1nn2cc(-c3cc4c(OCc5csc(-c6ccccc6)n5)cc(Cl)cc4o3)nc2s1. The Labute approximate surface area is 195 Å². The van der Waals surface area contributed by atoms with Crippen molar-refractivity contribution in [2.24, 2.45) is 0 Å². The van der Waals surface area contributed by atoms with E-state index in [2.05, 4.69) is 10.1 Å². The summed E-state index contributed by atoms with van der Waals surface area (Å²) in [5, 5.41) is 9.73. The zero-order chi connectivity index (χ0) is 21.7. The van der Waals surface area contributed by atoms with Crippen molar-refractivity contribution in [3.8, 4) is 27.8 Å². The van der Waals surface area contributed by atoms with Crippen LogP contribution in [0.25, 0.3) is 38.0 Å². The highest BCUT2D eigenvalue weighted by Crippen LogP contribution is 2.36. The van der Waals surface area contributed by atoms with Gasteiger partial charge in [-0.25, -0.2) is 14.5 Å². The van der Waals surface area contributed by atoms with Gasteiger partial charge in [-0.2, -0.15) is 5.10 Å². The van der Waals surface area contributed by atoms with Gasteiger partial charge in [0.05, 0.1) is 17.3 Å². The second-order valence-corrected chi connectivity index (χ2v) is 9.65. The van der Waals surface area contributed by atoms with Gasteiger partial charge in [0.2, 0.25) is 4.96 Å². The predicted octanol–water partition coefficient (Wildman–Crippen LogP) is 6.87. The number of rotatable bonds is 5. The van der Waals surface area contributed by atoms with Crippen LogP contribution in [-0.2, 0) is 6.61 Å². The van der Waals surface area contributed by atoms with Crippen LogP contribution >= 0.6 is 34.3 Å². The molecule has 0 saturated carbocycles. The van der Waals surface area contributed by atoms with E-state index in [0.29, 0.717) is 34.4 Å². The standard InChI is InChI=1S/C23H15ClN4O2S2/c1-13-27-28-10-18(26-23(28)32-13)21-9-17-19(7-15(24)8-20(17)30-21)29-11-16-12-31-22(25-16)14-5-3-2-4-6-14/h2-10,12H,11H2,1H3. The molecule has 0 unspecified atom stereocenters. The molecule has 0 radical (unpaired) electrons. The van der Waals surface area contributed by atoms with E-state index >= 15 is 0 Å². The van der Waals surface area contributed by atoms with E-state index in [1.165, 1.54) is 11.3 Å². The Balaban J connectivity index is 1.29. The number of ether oxygens (including phenoxy) is 1. The summed E-state index contributed by atoms with van der Waals surface area (Å²) < 4.78 is 13.9. The van der Waals surface area contributed by atoms with Crippen molar-refractivity contribution in [1.29, 1.82) is 0 Å². The van der Waals surface area contributed by atoms with Gasteiger partial charge in [-0.15, -0.1) is 11.3 Å². The third-order valence-corrected chi connectivity index (χ3v) is 6.91. The highest BCUT2D eigenvalue weighted by atomic mass is 35.5. The number of fused-ring (bicyclic) bond motifs is 2. The van der Waals surface area contributed by atoms with Crippen LogP contribution in [-0.4, -0.2) is 19.6 Å². The lowest BCUT2D eigenvalue weighted by molar-refractivity contribution is 0.306. The van der Waals surface area contributed by atoms with Crippen LogP contribution in [0.5, 0.6) is 5.75 Å². The number of aromatic nitrogens is 4. The maximum absolute atomic E-state index is 6.33. The molecule has 4 aromatic heterocycles. The van der Waals surface area contributed by atoms with Gasteiger partial charge in [-0.05, 0) is 19.1 Å². The minimum atomic E-state index is 0.336. The highest BCUT2D eigenvalue weighted by Gasteiger charge is 2.16. The molecule has 0 fully saturated rings. The van der Waals surface area contributed by atoms with E-state index < -0.39 is 0 Å². The zero-order valence-electron chi connectivity index (χ0n) is 16.8. The number of thiazole rings is 1. The molecule has 32 heavy (non-hydrogen) atoms. The van der Waals surface area contributed by atoms with Crippen molar-refractivity contribution in [2.75, 3.05) is 0 Å². The molecule has 2 aromatic carbocycles. The fourth-order valence-electron chi connectivity index (χ4n) is 3.48. The Morgan fingerprint density at radius 3 is 2.84 bits per heavy atom. The smallest absolute Gasteiger partial charge is 0.212 e. The Morgan fingerprint density at radius 2 is 2.00 bits per heavy atom. The second-order valence-electron chi connectivity index (χ2n) is 7.20. The maximum atomic E-state index is 6.33. The molecule has 0 atom stereocenters. The summed E-state index contributed by atoms with van der Waals surface area (Å²) in [7, 11) is 0. The minimum absolute atomic E-state index is 0.336. The predicted molar refractivity (Wildman–Crippen MR) is 128 cm³/mol. The van der Waals surface area contributed by atoms with E-state index in [0.717, 1.165) is 31.6 Å². The first-order valence-electron chi connectivity index (χ1n) is 9.81. The van der Waals surface area contributed by atoms with Crippen LogP contribution in [0.15, 0.2) is 64.5 Å². The molecule has 4 heterocycles. The van der Waals surface area contributed by atoms with Gasteiger partial charge >= 0.3 is 0 Å². The Morgan fingerprint density at radius 1 is 1.12 bits per heavy atom. The van der Waals surface area contributed by atoms with Crippen molar-refractivity contribution in [2.45, 2.75) is 13.5 Å². The Kier molecular flexibility index (Phi) is 4.71. The van der Waals surface area contributed by atoms with Gasteiger partial charge in [0.15, 0.2) is 5.76 Å². The first-order chi connectivity index (χ1) is 15.6. The topological polar surface area (TPSA) is 65.5 Å². The molecule has 0 spiro atoms. The van der Waals surface area contributed by atoms with Crippen LogP contribution in [0.4, 0.5) is 0 Å². The molecule has 158 valence electrons. The maximum Gasteiger partial charge on any atom is 0.212 e. The Hall–Kier alpha value is -3.20. The summed E-state index contributed by atoms with van der Waals surface area (Å²) >= 11 is 9.46. The summed E-state index contributed by atoms with van der Waals surface area (Å²) in [6.07, 6.45) is 1.86. The molecule has 0 saturated heterocycles. The third-order valence-electron chi connectivity index (χ3n) is 4.91. The van der Waals surface area contributed by atoms with E-state index in [4.69, 9.17) is 25.7 Å². The summed E-state index contributed by atoms with van der Waals surface area (Å²) in [5.74, 6) is 1.29. The number of benzene rings is 2. The number of aryl methyl sites for hydroxylation is 1. The lowest BCUT2D eigenvalue weighted by Crippen LogP contribution is -1.96. The number of hydrogen-bond donors (Lipinski definition) is 0. The van der Waals surface area contributed by atoms with E-state index in [1.807, 2.05) is 54.9 Å². The molecule has 0 amide bonds. The molecular formula is C23H15ClN4O2S2. The number of imidazole rings is 1. The van der Waals surface area contributed by atoms with E-state index in [-0.39, 0.29) is 0 Å². The van der Waals surface area contributed by atoms with Crippen LogP contribution in [0, 0.1) is 6.92 Å². The lowest BCUT2D eigenvalue weighted by Gasteiger charge is -2.06. The Bertz CT molecular complexity index is 1530. The fraction of sp³-hybridized carbons (Fsp3) is 0.0870. The summed E-state index contributed by atoms with van der Waals surface area (Å²) in [6.45, 7) is 2.29. The summed E-state index contributed by atoms with van der Waals surface area (Å²) in [5.41, 5.74) is 3.32.